The van der Waals surface area contributed by atoms with Gasteiger partial charge in [0, 0.05) is 13.1 Å². The number of carbonyl (C=O) groups excluding carboxylic acids is 1. The van der Waals surface area contributed by atoms with Crippen LogP contribution >= 0.6 is 11.8 Å². The Hall–Kier alpha value is -0.950. The van der Waals surface area contributed by atoms with Crippen molar-refractivity contribution in [1.29, 1.82) is 0 Å². The molecule has 0 aromatic heterocycles. The van der Waals surface area contributed by atoms with Crippen LogP contribution in [0.1, 0.15) is 46.5 Å². The minimum atomic E-state index is -0.844. The number of carbonyl (C=O) groups is 2. The van der Waals surface area contributed by atoms with Crippen LogP contribution in [0.15, 0.2) is 0 Å². The third-order valence-corrected chi connectivity index (χ3v) is 4.35. The molecule has 0 aromatic rings. The molecule has 1 heterocycles. The molecule has 1 aliphatic rings. The molecule has 0 radical (unpaired) electrons. The van der Waals surface area contributed by atoms with Crippen LogP contribution in [-0.4, -0.2) is 64.9 Å². The average Bonchev–Trinajstić information content (AvgIpc) is 2.36. The van der Waals surface area contributed by atoms with Crippen LogP contribution in [0.4, 0.5) is 4.79 Å². The minimum absolute atomic E-state index is 0.0249. The summed E-state index contributed by atoms with van der Waals surface area (Å²) in [7, 11) is 0. The van der Waals surface area contributed by atoms with Crippen molar-refractivity contribution in [2.45, 2.75) is 57.6 Å². The Morgan fingerprint density at radius 2 is 1.91 bits per heavy atom. The van der Waals surface area contributed by atoms with E-state index in [4.69, 9.17) is 9.84 Å². The lowest BCUT2D eigenvalue weighted by molar-refractivity contribution is -0.141. The number of aliphatic carboxylic acids is 1. The number of hydrogen-bond donors (Lipinski definition) is 2. The summed E-state index contributed by atoms with van der Waals surface area (Å²) < 4.78 is 5.32. The molecule has 0 spiro atoms. The van der Waals surface area contributed by atoms with Crippen molar-refractivity contribution in [2.75, 3.05) is 31.6 Å². The number of thioether (sulfide) groups is 1. The Labute approximate surface area is 143 Å². The van der Waals surface area contributed by atoms with E-state index in [1.165, 1.54) is 6.42 Å². The van der Waals surface area contributed by atoms with Crippen molar-refractivity contribution < 1.29 is 19.4 Å². The molecule has 1 amide bonds. The maximum absolute atomic E-state index is 12.0. The van der Waals surface area contributed by atoms with Gasteiger partial charge in [0.05, 0.1) is 12.0 Å². The number of unbranched alkanes of at least 4 members (excludes halogenated alkanes) is 2. The highest BCUT2D eigenvalue weighted by molar-refractivity contribution is 7.98. The Bertz CT molecular complexity index is 403. The fraction of sp³-hybridized carbons (Fsp3) is 0.875. The second kappa shape index (κ2) is 8.78. The zero-order chi connectivity index (χ0) is 17.5. The number of hydrogen-bond acceptors (Lipinski definition) is 5. The maximum atomic E-state index is 12.0. The van der Waals surface area contributed by atoms with Gasteiger partial charge in [-0.05, 0) is 52.2 Å². The summed E-state index contributed by atoms with van der Waals surface area (Å²) in [5.41, 5.74) is -1.05. The molecule has 0 aromatic carbocycles. The molecule has 1 saturated heterocycles. The quantitative estimate of drug-likeness (QED) is 0.625. The molecule has 1 aliphatic heterocycles. The van der Waals surface area contributed by atoms with Crippen molar-refractivity contribution in [3.63, 3.8) is 0 Å². The molecule has 0 bridgehead atoms. The topological polar surface area (TPSA) is 78.9 Å². The van der Waals surface area contributed by atoms with Crippen molar-refractivity contribution in [2.24, 2.45) is 0 Å². The van der Waals surface area contributed by atoms with Crippen LogP contribution < -0.4 is 5.32 Å². The third-order valence-electron chi connectivity index (χ3n) is 3.65. The molecular formula is C16H30N2O4S. The van der Waals surface area contributed by atoms with Gasteiger partial charge in [-0.3, -0.25) is 4.79 Å². The van der Waals surface area contributed by atoms with Crippen molar-refractivity contribution in [3.05, 3.63) is 0 Å². The molecule has 1 fully saturated rings. The van der Waals surface area contributed by atoms with Gasteiger partial charge in [-0.25, -0.2) is 4.79 Å². The predicted octanol–water partition coefficient (Wildman–Crippen LogP) is 2.57. The van der Waals surface area contributed by atoms with E-state index in [9.17, 15) is 9.59 Å². The van der Waals surface area contributed by atoms with Gasteiger partial charge in [-0.15, -0.1) is 0 Å². The van der Waals surface area contributed by atoms with E-state index in [1.807, 2.05) is 32.5 Å². The van der Waals surface area contributed by atoms with E-state index in [0.717, 1.165) is 25.1 Å². The number of likely N-dealkylation sites (tertiary alicyclic amines) is 1. The normalized spacial score (nSPS) is 16.8. The highest BCUT2D eigenvalue weighted by Gasteiger charge is 2.47. The van der Waals surface area contributed by atoms with Crippen LogP contribution in [0.25, 0.3) is 0 Å². The fourth-order valence-electron chi connectivity index (χ4n) is 2.62. The standard InChI is InChI=1S/C16H30N2O4S/c1-15(2,3)22-14(21)18-11-16(12-18,10-13(19)20)17-8-6-5-7-9-23-4/h17H,5-12H2,1-4H3,(H,19,20). The average molecular weight is 346 g/mol. The van der Waals surface area contributed by atoms with Crippen molar-refractivity contribution in [1.82, 2.24) is 10.2 Å². The number of ether oxygens (including phenoxy) is 1. The molecule has 7 heteroatoms. The number of carboxylic acid groups (broad SMARTS) is 1. The molecule has 6 nitrogen and oxygen atoms in total. The zero-order valence-corrected chi connectivity index (χ0v) is 15.5. The van der Waals surface area contributed by atoms with Gasteiger partial charge in [-0.2, -0.15) is 11.8 Å². The molecule has 1 rings (SSSR count). The Morgan fingerprint density at radius 1 is 1.26 bits per heavy atom. The monoisotopic (exact) mass is 346 g/mol. The Balaban J connectivity index is 2.40. The lowest BCUT2D eigenvalue weighted by Gasteiger charge is -2.49. The van der Waals surface area contributed by atoms with E-state index in [1.54, 1.807) is 4.90 Å². The van der Waals surface area contributed by atoms with Gasteiger partial charge < -0.3 is 20.1 Å². The second-order valence-electron chi connectivity index (χ2n) is 7.17. The first kappa shape index (κ1) is 20.1. The van der Waals surface area contributed by atoms with Gasteiger partial charge >= 0.3 is 12.1 Å². The van der Waals surface area contributed by atoms with E-state index in [-0.39, 0.29) is 12.5 Å². The predicted molar refractivity (Wildman–Crippen MR) is 93.0 cm³/mol. The van der Waals surface area contributed by atoms with Gasteiger partial charge in [0.15, 0.2) is 0 Å². The first-order chi connectivity index (χ1) is 10.7. The van der Waals surface area contributed by atoms with Gasteiger partial charge in [0.25, 0.3) is 0 Å². The molecule has 23 heavy (non-hydrogen) atoms. The molecule has 0 saturated carbocycles. The highest BCUT2D eigenvalue weighted by Crippen LogP contribution is 2.27. The lowest BCUT2D eigenvalue weighted by Crippen LogP contribution is -2.71. The molecule has 0 atom stereocenters. The van der Waals surface area contributed by atoms with E-state index in [2.05, 4.69) is 11.6 Å². The van der Waals surface area contributed by atoms with Gasteiger partial charge in [0.2, 0.25) is 0 Å². The summed E-state index contributed by atoms with van der Waals surface area (Å²) in [5, 5.41) is 12.5. The molecule has 0 unspecified atom stereocenters. The van der Waals surface area contributed by atoms with Crippen LogP contribution in [0.2, 0.25) is 0 Å². The summed E-state index contributed by atoms with van der Waals surface area (Å²) in [4.78, 5) is 24.7. The molecule has 134 valence electrons. The zero-order valence-electron chi connectivity index (χ0n) is 14.7. The summed E-state index contributed by atoms with van der Waals surface area (Å²) in [6, 6.07) is 0. The fourth-order valence-corrected chi connectivity index (χ4v) is 3.11. The van der Waals surface area contributed by atoms with Gasteiger partial charge in [-0.1, -0.05) is 6.42 Å². The van der Waals surface area contributed by atoms with E-state index < -0.39 is 17.1 Å². The van der Waals surface area contributed by atoms with Gasteiger partial charge in [0.1, 0.15) is 5.60 Å². The summed E-state index contributed by atoms with van der Waals surface area (Å²) in [5.74, 6) is 0.316. The van der Waals surface area contributed by atoms with Crippen LogP contribution in [0, 0.1) is 0 Å². The number of carboxylic acids is 1. The number of nitrogens with zero attached hydrogens (tertiary/aromatic N) is 1. The lowest BCUT2D eigenvalue weighted by atomic mass is 9.86. The molecule has 2 N–H and O–H groups in total. The Morgan fingerprint density at radius 3 is 2.43 bits per heavy atom. The Kier molecular flexibility index (Phi) is 7.67. The number of nitrogens with one attached hydrogen (secondary N) is 1. The van der Waals surface area contributed by atoms with Crippen molar-refractivity contribution in [3.8, 4) is 0 Å². The van der Waals surface area contributed by atoms with Crippen LogP contribution in [0.3, 0.4) is 0 Å². The summed E-state index contributed by atoms with van der Waals surface area (Å²) in [6.45, 7) is 7.02. The first-order valence-corrected chi connectivity index (χ1v) is 9.50. The number of amides is 1. The van der Waals surface area contributed by atoms with Crippen LogP contribution in [0.5, 0.6) is 0 Å². The SMILES string of the molecule is CSCCCCCNC1(CC(=O)O)CN(C(=O)OC(C)(C)C)C1. The second-order valence-corrected chi connectivity index (χ2v) is 8.15. The smallest absolute Gasteiger partial charge is 0.410 e. The van der Waals surface area contributed by atoms with E-state index >= 15 is 0 Å². The number of rotatable bonds is 9. The molecular weight excluding hydrogens is 316 g/mol. The summed E-state index contributed by atoms with van der Waals surface area (Å²) >= 11 is 1.84. The van der Waals surface area contributed by atoms with Crippen LogP contribution in [-0.2, 0) is 9.53 Å². The third kappa shape index (κ3) is 7.44. The minimum Gasteiger partial charge on any atom is -0.481 e. The summed E-state index contributed by atoms with van der Waals surface area (Å²) in [6.07, 6.45) is 5.08. The highest BCUT2D eigenvalue weighted by atomic mass is 32.2. The largest absolute Gasteiger partial charge is 0.481 e. The first-order valence-electron chi connectivity index (χ1n) is 8.11. The van der Waals surface area contributed by atoms with Crippen molar-refractivity contribution >= 4 is 23.8 Å². The molecule has 0 aliphatic carbocycles. The van der Waals surface area contributed by atoms with E-state index in [0.29, 0.717) is 13.1 Å². The maximum Gasteiger partial charge on any atom is 0.410 e.